The molecule has 0 heterocycles. The molecular weight excluding hydrogens is 280 g/mol. The lowest BCUT2D eigenvalue weighted by Crippen LogP contribution is -2.09. The van der Waals surface area contributed by atoms with Gasteiger partial charge in [0.2, 0.25) is 0 Å². The molecule has 5 heteroatoms. The van der Waals surface area contributed by atoms with E-state index in [1.165, 1.54) is 0 Å². The van der Waals surface area contributed by atoms with Crippen molar-refractivity contribution in [2.75, 3.05) is 13.2 Å². The van der Waals surface area contributed by atoms with Gasteiger partial charge in [-0.3, -0.25) is 0 Å². The number of hydrogen-bond acceptors (Lipinski definition) is 5. The van der Waals surface area contributed by atoms with Crippen LogP contribution in [0.5, 0.6) is 11.5 Å². The van der Waals surface area contributed by atoms with Gasteiger partial charge < -0.3 is 14.7 Å². The zero-order valence-electron chi connectivity index (χ0n) is 12.2. The molecule has 0 bridgehead atoms. The molecule has 0 spiro atoms. The van der Waals surface area contributed by atoms with Crippen LogP contribution in [0.15, 0.2) is 53.7 Å². The molecule has 0 unspecified atom stereocenters. The third kappa shape index (κ3) is 4.25. The average molecular weight is 296 g/mol. The predicted octanol–water partition coefficient (Wildman–Crippen LogP) is 3.21. The van der Waals surface area contributed by atoms with Gasteiger partial charge in [0.05, 0.1) is 17.3 Å². The molecule has 2 rings (SSSR count). The second-order valence-corrected chi connectivity index (χ2v) is 4.54. The van der Waals surface area contributed by atoms with Crippen LogP contribution in [-0.2, 0) is 0 Å². The fourth-order valence-corrected chi connectivity index (χ4v) is 1.79. The summed E-state index contributed by atoms with van der Waals surface area (Å²) in [5.74, 6) is 1.42. The van der Waals surface area contributed by atoms with Crippen molar-refractivity contribution in [3.8, 4) is 17.6 Å². The van der Waals surface area contributed by atoms with Crippen molar-refractivity contribution in [1.29, 1.82) is 5.26 Å². The Kier molecular flexibility index (Phi) is 5.38. The Morgan fingerprint density at radius 3 is 1.95 bits per heavy atom. The fraction of sp³-hybridized carbons (Fsp3) is 0.176. The average Bonchev–Trinajstić information content (AvgIpc) is 2.59. The van der Waals surface area contributed by atoms with E-state index in [2.05, 4.69) is 11.2 Å². The summed E-state index contributed by atoms with van der Waals surface area (Å²) in [5, 5.41) is 20.5. The Bertz CT molecular complexity index is 671. The molecule has 5 nitrogen and oxygen atoms in total. The maximum absolute atomic E-state index is 8.71. The minimum atomic E-state index is 0.408. The standard InChI is InChI=1S/C17H16N2O3/c1-13(19-20)15-4-8-17(9-5-15)22-11-10-21-16-6-2-14(12-18)3-7-16/h2-9,20H,10-11H2,1H3. The molecule has 1 N–H and O–H groups in total. The van der Waals surface area contributed by atoms with E-state index in [0.29, 0.717) is 30.2 Å². The van der Waals surface area contributed by atoms with Crippen molar-refractivity contribution in [3.63, 3.8) is 0 Å². The van der Waals surface area contributed by atoms with Crippen molar-refractivity contribution in [2.24, 2.45) is 5.16 Å². The molecule has 0 aliphatic heterocycles. The van der Waals surface area contributed by atoms with Crippen molar-refractivity contribution >= 4 is 5.71 Å². The summed E-state index contributed by atoms with van der Waals surface area (Å²) < 4.78 is 11.1. The SMILES string of the molecule is CC(=NO)c1ccc(OCCOc2ccc(C#N)cc2)cc1. The highest BCUT2D eigenvalue weighted by molar-refractivity contribution is 5.98. The molecule has 0 saturated heterocycles. The summed E-state index contributed by atoms with van der Waals surface area (Å²) in [6.07, 6.45) is 0. The maximum atomic E-state index is 8.71. The van der Waals surface area contributed by atoms with Crippen LogP contribution in [0.3, 0.4) is 0 Å². The monoisotopic (exact) mass is 296 g/mol. The molecule has 0 aromatic heterocycles. The Labute approximate surface area is 129 Å². The number of hydrogen-bond donors (Lipinski definition) is 1. The van der Waals surface area contributed by atoms with Gasteiger partial charge in [-0.1, -0.05) is 5.16 Å². The van der Waals surface area contributed by atoms with Gasteiger partial charge in [-0.25, -0.2) is 0 Å². The first-order valence-electron chi connectivity index (χ1n) is 6.78. The smallest absolute Gasteiger partial charge is 0.122 e. The van der Waals surface area contributed by atoms with Crippen molar-refractivity contribution in [2.45, 2.75) is 6.92 Å². The third-order valence-electron chi connectivity index (χ3n) is 3.03. The highest BCUT2D eigenvalue weighted by Crippen LogP contribution is 2.14. The van der Waals surface area contributed by atoms with Gasteiger partial charge in [-0.2, -0.15) is 5.26 Å². The summed E-state index contributed by atoms with van der Waals surface area (Å²) in [5.41, 5.74) is 1.99. The number of ether oxygens (including phenoxy) is 2. The molecule has 112 valence electrons. The Morgan fingerprint density at radius 1 is 1.00 bits per heavy atom. The zero-order valence-corrected chi connectivity index (χ0v) is 12.2. The molecule has 0 radical (unpaired) electrons. The second-order valence-electron chi connectivity index (χ2n) is 4.54. The number of nitriles is 1. The Morgan fingerprint density at radius 2 is 1.50 bits per heavy atom. The first-order valence-corrected chi connectivity index (χ1v) is 6.78. The Balaban J connectivity index is 1.77. The van der Waals surface area contributed by atoms with E-state index in [1.54, 1.807) is 31.2 Å². The van der Waals surface area contributed by atoms with Crippen LogP contribution < -0.4 is 9.47 Å². The quantitative estimate of drug-likeness (QED) is 0.384. The molecular formula is C17H16N2O3. The minimum Gasteiger partial charge on any atom is -0.490 e. The van der Waals surface area contributed by atoms with E-state index in [4.69, 9.17) is 19.9 Å². The van der Waals surface area contributed by atoms with Crippen LogP contribution in [0.2, 0.25) is 0 Å². The summed E-state index contributed by atoms with van der Waals surface area (Å²) in [4.78, 5) is 0. The van der Waals surface area contributed by atoms with E-state index in [-0.39, 0.29) is 0 Å². The number of benzene rings is 2. The minimum absolute atomic E-state index is 0.408. The topological polar surface area (TPSA) is 74.8 Å². The molecule has 0 aliphatic carbocycles. The molecule has 2 aromatic carbocycles. The maximum Gasteiger partial charge on any atom is 0.122 e. The molecule has 22 heavy (non-hydrogen) atoms. The first-order chi connectivity index (χ1) is 10.7. The van der Waals surface area contributed by atoms with Crippen LogP contribution in [0, 0.1) is 11.3 Å². The fourth-order valence-electron chi connectivity index (χ4n) is 1.79. The van der Waals surface area contributed by atoms with Gasteiger partial charge >= 0.3 is 0 Å². The third-order valence-corrected chi connectivity index (χ3v) is 3.03. The van der Waals surface area contributed by atoms with Gasteiger partial charge in [-0.15, -0.1) is 0 Å². The molecule has 0 amide bonds. The van der Waals surface area contributed by atoms with Crippen molar-refractivity contribution in [3.05, 3.63) is 59.7 Å². The molecule has 2 aromatic rings. The molecule has 0 aliphatic rings. The molecule has 0 saturated carbocycles. The van der Waals surface area contributed by atoms with Crippen molar-refractivity contribution < 1.29 is 14.7 Å². The lowest BCUT2D eigenvalue weighted by molar-refractivity contribution is 0.217. The van der Waals surface area contributed by atoms with Crippen molar-refractivity contribution in [1.82, 2.24) is 0 Å². The lowest BCUT2D eigenvalue weighted by atomic mass is 10.1. The van der Waals surface area contributed by atoms with Crippen LogP contribution in [-0.4, -0.2) is 24.1 Å². The normalized spacial score (nSPS) is 10.8. The second kappa shape index (κ2) is 7.70. The van der Waals surface area contributed by atoms with E-state index >= 15 is 0 Å². The van der Waals surface area contributed by atoms with E-state index in [1.807, 2.05) is 24.3 Å². The number of oxime groups is 1. The number of nitrogens with zero attached hydrogens (tertiary/aromatic N) is 2. The zero-order chi connectivity index (χ0) is 15.8. The largest absolute Gasteiger partial charge is 0.490 e. The summed E-state index contributed by atoms with van der Waals surface area (Å²) in [6.45, 7) is 2.54. The summed E-state index contributed by atoms with van der Waals surface area (Å²) in [6, 6.07) is 16.3. The highest BCUT2D eigenvalue weighted by Gasteiger charge is 2.00. The van der Waals surface area contributed by atoms with Gasteiger partial charge in [-0.05, 0) is 61.0 Å². The van der Waals surface area contributed by atoms with Gasteiger partial charge in [0.1, 0.15) is 24.7 Å². The Hall–Kier alpha value is -3.00. The van der Waals surface area contributed by atoms with Crippen LogP contribution in [0.25, 0.3) is 0 Å². The highest BCUT2D eigenvalue weighted by atomic mass is 16.5. The van der Waals surface area contributed by atoms with Gasteiger partial charge in [0, 0.05) is 0 Å². The van der Waals surface area contributed by atoms with Gasteiger partial charge in [0.25, 0.3) is 0 Å². The molecule has 0 fully saturated rings. The first kappa shape index (κ1) is 15.4. The van der Waals surface area contributed by atoms with Crippen LogP contribution in [0.4, 0.5) is 0 Å². The molecule has 0 atom stereocenters. The summed E-state index contributed by atoms with van der Waals surface area (Å²) >= 11 is 0. The van der Waals surface area contributed by atoms with E-state index in [0.717, 1.165) is 11.3 Å². The summed E-state index contributed by atoms with van der Waals surface area (Å²) in [7, 11) is 0. The predicted molar refractivity (Wildman–Crippen MR) is 82.6 cm³/mol. The van der Waals surface area contributed by atoms with Crippen LogP contribution >= 0.6 is 0 Å². The van der Waals surface area contributed by atoms with Gasteiger partial charge in [0.15, 0.2) is 0 Å². The van der Waals surface area contributed by atoms with E-state index in [9.17, 15) is 0 Å². The van der Waals surface area contributed by atoms with E-state index < -0.39 is 0 Å². The number of rotatable bonds is 6. The lowest BCUT2D eigenvalue weighted by Gasteiger charge is -2.09. The van der Waals surface area contributed by atoms with Crippen LogP contribution in [0.1, 0.15) is 18.1 Å².